The molecule has 152 valence electrons. The number of aromatic nitrogens is 1. The molecular weight excluding hydrogens is 384 g/mol. The minimum Gasteiger partial charge on any atom is -0.488 e. The Morgan fingerprint density at radius 3 is 3.03 bits per heavy atom. The summed E-state index contributed by atoms with van der Waals surface area (Å²) in [5.41, 5.74) is 1.63. The largest absolute Gasteiger partial charge is 0.488 e. The molecule has 1 aromatic heterocycles. The van der Waals surface area contributed by atoms with Crippen molar-refractivity contribution in [2.75, 3.05) is 30.3 Å². The molecular formula is C19H19F2N5O3. The third-order valence-electron chi connectivity index (χ3n) is 4.79. The van der Waals surface area contributed by atoms with Crippen LogP contribution in [0.25, 0.3) is 0 Å². The number of benzene rings is 1. The van der Waals surface area contributed by atoms with Gasteiger partial charge < -0.3 is 25.6 Å². The number of rotatable bonds is 4. The van der Waals surface area contributed by atoms with Crippen LogP contribution in [0.2, 0.25) is 0 Å². The number of urea groups is 1. The third kappa shape index (κ3) is 3.78. The van der Waals surface area contributed by atoms with Crippen molar-refractivity contribution in [2.45, 2.75) is 19.5 Å². The number of carbonyl (C=O) groups is 2. The van der Waals surface area contributed by atoms with Gasteiger partial charge in [-0.05, 0) is 25.1 Å². The number of amides is 3. The van der Waals surface area contributed by atoms with Crippen molar-refractivity contribution < 1.29 is 23.1 Å². The van der Waals surface area contributed by atoms with Gasteiger partial charge in [0, 0.05) is 12.1 Å². The highest BCUT2D eigenvalue weighted by molar-refractivity contribution is 5.95. The summed E-state index contributed by atoms with van der Waals surface area (Å²) in [6, 6.07) is 3.06. The van der Waals surface area contributed by atoms with Crippen molar-refractivity contribution in [3.05, 3.63) is 47.3 Å². The average molecular weight is 403 g/mol. The Balaban J connectivity index is 1.41. The SMILES string of the molecule is C[C@H](NC(=O)CN1Cc2c(ccc(F)c2F)NC1=O)c1cc2c(cn1)OCCN2. The summed E-state index contributed by atoms with van der Waals surface area (Å²) in [4.78, 5) is 30.0. The lowest BCUT2D eigenvalue weighted by atomic mass is 10.1. The van der Waals surface area contributed by atoms with Crippen molar-refractivity contribution in [1.29, 1.82) is 0 Å². The monoisotopic (exact) mass is 403 g/mol. The van der Waals surface area contributed by atoms with Crippen LogP contribution in [0.4, 0.5) is 25.0 Å². The fourth-order valence-corrected chi connectivity index (χ4v) is 3.28. The molecule has 2 aromatic rings. The summed E-state index contributed by atoms with van der Waals surface area (Å²) >= 11 is 0. The maximum absolute atomic E-state index is 14.0. The van der Waals surface area contributed by atoms with E-state index in [2.05, 4.69) is 20.9 Å². The van der Waals surface area contributed by atoms with Gasteiger partial charge in [-0.25, -0.2) is 13.6 Å². The lowest BCUT2D eigenvalue weighted by molar-refractivity contribution is -0.122. The number of ether oxygens (including phenoxy) is 1. The van der Waals surface area contributed by atoms with Gasteiger partial charge in [0.05, 0.1) is 35.9 Å². The van der Waals surface area contributed by atoms with Gasteiger partial charge in [-0.15, -0.1) is 0 Å². The molecule has 0 bridgehead atoms. The molecule has 0 unspecified atom stereocenters. The molecule has 1 aromatic carbocycles. The van der Waals surface area contributed by atoms with Crippen LogP contribution >= 0.6 is 0 Å². The molecule has 0 saturated heterocycles. The van der Waals surface area contributed by atoms with Crippen molar-refractivity contribution in [3.63, 3.8) is 0 Å². The number of anilines is 2. The van der Waals surface area contributed by atoms with Gasteiger partial charge in [0.1, 0.15) is 13.2 Å². The number of hydrogen-bond acceptors (Lipinski definition) is 5. The van der Waals surface area contributed by atoms with Gasteiger partial charge in [0.25, 0.3) is 0 Å². The lowest BCUT2D eigenvalue weighted by Gasteiger charge is -2.29. The van der Waals surface area contributed by atoms with Gasteiger partial charge in [-0.2, -0.15) is 0 Å². The van der Waals surface area contributed by atoms with Crippen molar-refractivity contribution in [1.82, 2.24) is 15.2 Å². The number of carbonyl (C=O) groups excluding carboxylic acids is 2. The highest BCUT2D eigenvalue weighted by Gasteiger charge is 2.28. The molecule has 10 heteroatoms. The van der Waals surface area contributed by atoms with Crippen LogP contribution in [0, 0.1) is 11.6 Å². The van der Waals surface area contributed by atoms with Crippen LogP contribution in [-0.4, -0.2) is 41.5 Å². The van der Waals surface area contributed by atoms with Crippen LogP contribution in [0.15, 0.2) is 24.4 Å². The summed E-state index contributed by atoms with van der Waals surface area (Å²) in [6.45, 7) is 2.49. The van der Waals surface area contributed by atoms with E-state index in [1.807, 2.05) is 0 Å². The van der Waals surface area contributed by atoms with Gasteiger partial charge in [0.15, 0.2) is 17.4 Å². The Morgan fingerprint density at radius 1 is 1.38 bits per heavy atom. The summed E-state index contributed by atoms with van der Waals surface area (Å²) < 4.78 is 33.0. The van der Waals surface area contributed by atoms with Crippen LogP contribution in [0.1, 0.15) is 24.2 Å². The first-order chi connectivity index (χ1) is 13.9. The van der Waals surface area contributed by atoms with Crippen molar-refractivity contribution in [2.24, 2.45) is 0 Å². The van der Waals surface area contributed by atoms with E-state index in [4.69, 9.17) is 4.74 Å². The zero-order valence-corrected chi connectivity index (χ0v) is 15.6. The van der Waals surface area contributed by atoms with Gasteiger partial charge >= 0.3 is 6.03 Å². The normalized spacial score (nSPS) is 16.0. The topological polar surface area (TPSA) is 95.6 Å². The Morgan fingerprint density at radius 2 is 2.21 bits per heavy atom. The predicted molar refractivity (Wildman–Crippen MR) is 101 cm³/mol. The van der Waals surface area contributed by atoms with Gasteiger partial charge in [-0.3, -0.25) is 9.78 Å². The number of fused-ring (bicyclic) bond motifs is 2. The quantitative estimate of drug-likeness (QED) is 0.729. The van der Waals surface area contributed by atoms with Crippen molar-refractivity contribution in [3.8, 4) is 5.75 Å². The van der Waals surface area contributed by atoms with Crippen LogP contribution < -0.4 is 20.7 Å². The first-order valence-corrected chi connectivity index (χ1v) is 9.11. The predicted octanol–water partition coefficient (Wildman–Crippen LogP) is 2.39. The smallest absolute Gasteiger partial charge is 0.322 e. The van der Waals surface area contributed by atoms with Crippen LogP contribution in [0.5, 0.6) is 5.75 Å². The molecule has 4 rings (SSSR count). The van der Waals surface area contributed by atoms with E-state index >= 15 is 0 Å². The fourth-order valence-electron chi connectivity index (χ4n) is 3.28. The highest BCUT2D eigenvalue weighted by atomic mass is 19.2. The van der Waals surface area contributed by atoms with Crippen LogP contribution in [-0.2, 0) is 11.3 Å². The average Bonchev–Trinajstić information content (AvgIpc) is 2.71. The van der Waals surface area contributed by atoms with Gasteiger partial charge in [0.2, 0.25) is 5.91 Å². The fraction of sp³-hybridized carbons (Fsp3) is 0.316. The molecule has 3 heterocycles. The van der Waals surface area contributed by atoms with E-state index in [1.54, 1.807) is 19.2 Å². The molecule has 0 saturated carbocycles. The number of nitrogens with zero attached hydrogens (tertiary/aromatic N) is 2. The summed E-state index contributed by atoms with van der Waals surface area (Å²) in [7, 11) is 0. The van der Waals surface area contributed by atoms with E-state index in [9.17, 15) is 18.4 Å². The minimum absolute atomic E-state index is 0.00729. The number of hydrogen-bond donors (Lipinski definition) is 3. The van der Waals surface area contributed by atoms with Crippen LogP contribution in [0.3, 0.4) is 0 Å². The Labute approximate surface area is 165 Å². The number of halogens is 2. The van der Waals surface area contributed by atoms with Gasteiger partial charge in [-0.1, -0.05) is 0 Å². The molecule has 0 fully saturated rings. The first-order valence-electron chi connectivity index (χ1n) is 9.11. The molecule has 2 aliphatic rings. The molecule has 0 radical (unpaired) electrons. The second-order valence-electron chi connectivity index (χ2n) is 6.84. The van der Waals surface area contributed by atoms with E-state index in [0.717, 1.165) is 16.7 Å². The number of pyridine rings is 1. The maximum Gasteiger partial charge on any atom is 0.322 e. The van der Waals surface area contributed by atoms with E-state index in [-0.39, 0.29) is 24.3 Å². The second-order valence-corrected chi connectivity index (χ2v) is 6.84. The Bertz CT molecular complexity index is 985. The lowest BCUT2D eigenvalue weighted by Crippen LogP contribution is -2.45. The number of nitrogens with one attached hydrogen (secondary N) is 3. The molecule has 1 atom stereocenters. The second kappa shape index (κ2) is 7.53. The molecule has 3 amide bonds. The van der Waals surface area contributed by atoms with E-state index < -0.39 is 29.6 Å². The Kier molecular flexibility index (Phi) is 4.91. The molecule has 3 N–H and O–H groups in total. The molecule has 0 spiro atoms. The first kappa shape index (κ1) is 18.9. The molecule has 2 aliphatic heterocycles. The molecule has 0 aliphatic carbocycles. The zero-order valence-electron chi connectivity index (χ0n) is 15.6. The van der Waals surface area contributed by atoms with Crippen molar-refractivity contribution >= 4 is 23.3 Å². The minimum atomic E-state index is -1.03. The highest BCUT2D eigenvalue weighted by Crippen LogP contribution is 2.29. The summed E-state index contributed by atoms with van der Waals surface area (Å²) in [5, 5.41) is 8.43. The third-order valence-corrected chi connectivity index (χ3v) is 4.79. The Hall–Kier alpha value is -3.43. The standard InChI is InChI=1S/C19H19F2N5O3/c1-10(14-6-15-16(7-23-14)29-5-4-22-15)24-17(27)9-26-8-11-13(25-19(26)28)3-2-12(20)18(11)21/h2-3,6-7,10,22H,4-5,8-9H2,1H3,(H,24,27)(H,25,28)/t10-/m0/s1. The summed E-state index contributed by atoms with van der Waals surface area (Å²) in [5.74, 6) is -1.84. The van der Waals surface area contributed by atoms with E-state index in [0.29, 0.717) is 24.6 Å². The summed E-state index contributed by atoms with van der Waals surface area (Å²) in [6.07, 6.45) is 1.59. The molecule has 8 nitrogen and oxygen atoms in total. The molecule has 29 heavy (non-hydrogen) atoms. The maximum atomic E-state index is 14.0. The van der Waals surface area contributed by atoms with E-state index in [1.165, 1.54) is 6.07 Å². The zero-order chi connectivity index (χ0) is 20.5.